The Kier molecular flexibility index (Phi) is 3.45. The summed E-state index contributed by atoms with van der Waals surface area (Å²) in [7, 11) is 0. The van der Waals surface area contributed by atoms with E-state index in [2.05, 4.69) is 17.1 Å². The molecule has 3 rings (SSSR count). The van der Waals surface area contributed by atoms with E-state index >= 15 is 0 Å². The standard InChI is InChI=1S/C15H28N2/c1-2-8-15(9-3-10-16-15)12-17(14-6-7-14)11-13-4-5-13/h13-14,16H,2-12H2,1H3. The quantitative estimate of drug-likeness (QED) is 0.731. The SMILES string of the molecule is CCCC1(CN(CC2CC2)C2CC2)CCCN1. The summed E-state index contributed by atoms with van der Waals surface area (Å²) in [4.78, 5) is 2.84. The van der Waals surface area contributed by atoms with Crippen molar-refractivity contribution in [2.45, 2.75) is 69.9 Å². The molecule has 2 nitrogen and oxygen atoms in total. The van der Waals surface area contributed by atoms with E-state index in [1.54, 1.807) is 0 Å². The van der Waals surface area contributed by atoms with E-state index in [1.165, 1.54) is 71.0 Å². The maximum absolute atomic E-state index is 3.84. The number of nitrogens with one attached hydrogen (secondary N) is 1. The van der Waals surface area contributed by atoms with E-state index in [-0.39, 0.29) is 0 Å². The second-order valence-electron chi connectivity index (χ2n) is 6.66. The second kappa shape index (κ2) is 4.89. The molecule has 1 aliphatic heterocycles. The van der Waals surface area contributed by atoms with Crippen LogP contribution in [0.2, 0.25) is 0 Å². The predicted octanol–water partition coefficient (Wildman–Crippen LogP) is 2.78. The van der Waals surface area contributed by atoms with Crippen LogP contribution in [-0.4, -0.2) is 36.1 Å². The minimum Gasteiger partial charge on any atom is -0.310 e. The molecule has 0 aromatic heterocycles. The molecule has 0 bridgehead atoms. The molecule has 1 atom stereocenters. The van der Waals surface area contributed by atoms with Gasteiger partial charge in [0.1, 0.15) is 0 Å². The van der Waals surface area contributed by atoms with Gasteiger partial charge in [-0.3, -0.25) is 4.90 Å². The normalized spacial score (nSPS) is 33.5. The summed E-state index contributed by atoms with van der Waals surface area (Å²) >= 11 is 0. The van der Waals surface area contributed by atoms with Crippen LogP contribution in [0.4, 0.5) is 0 Å². The van der Waals surface area contributed by atoms with E-state index in [9.17, 15) is 0 Å². The van der Waals surface area contributed by atoms with Crippen LogP contribution in [0, 0.1) is 5.92 Å². The van der Waals surface area contributed by atoms with E-state index in [0.29, 0.717) is 5.54 Å². The lowest BCUT2D eigenvalue weighted by atomic mass is 9.91. The maximum atomic E-state index is 3.84. The number of nitrogens with zero attached hydrogens (tertiary/aromatic N) is 1. The first kappa shape index (κ1) is 12.0. The number of rotatable bonds is 7. The van der Waals surface area contributed by atoms with Gasteiger partial charge in [0, 0.05) is 24.7 Å². The summed E-state index contributed by atoms with van der Waals surface area (Å²) in [6.45, 7) is 6.33. The average Bonchev–Trinajstić information content (AvgIpc) is 3.20. The predicted molar refractivity (Wildman–Crippen MR) is 72.2 cm³/mol. The smallest absolute Gasteiger partial charge is 0.0309 e. The van der Waals surface area contributed by atoms with Crippen molar-refractivity contribution in [3.63, 3.8) is 0 Å². The molecular weight excluding hydrogens is 208 g/mol. The molecule has 0 radical (unpaired) electrons. The largest absolute Gasteiger partial charge is 0.310 e. The van der Waals surface area contributed by atoms with Gasteiger partial charge in [0.05, 0.1) is 0 Å². The van der Waals surface area contributed by atoms with Crippen LogP contribution in [-0.2, 0) is 0 Å². The zero-order valence-corrected chi connectivity index (χ0v) is 11.4. The van der Waals surface area contributed by atoms with Crippen molar-refractivity contribution < 1.29 is 0 Å². The van der Waals surface area contributed by atoms with Crippen molar-refractivity contribution >= 4 is 0 Å². The summed E-state index contributed by atoms with van der Waals surface area (Å²) in [6.07, 6.45) is 11.4. The van der Waals surface area contributed by atoms with E-state index < -0.39 is 0 Å². The third-order valence-electron chi connectivity index (χ3n) is 4.82. The highest BCUT2D eigenvalue weighted by molar-refractivity contribution is 4.99. The third-order valence-corrected chi connectivity index (χ3v) is 4.82. The Bertz CT molecular complexity index is 250. The van der Waals surface area contributed by atoms with E-state index in [4.69, 9.17) is 0 Å². The van der Waals surface area contributed by atoms with Gasteiger partial charge in [-0.05, 0) is 57.4 Å². The molecule has 2 heteroatoms. The van der Waals surface area contributed by atoms with Crippen LogP contribution in [0.3, 0.4) is 0 Å². The molecule has 3 fully saturated rings. The Balaban J connectivity index is 1.59. The Morgan fingerprint density at radius 3 is 2.59 bits per heavy atom. The van der Waals surface area contributed by atoms with Crippen molar-refractivity contribution in [2.75, 3.05) is 19.6 Å². The summed E-state index contributed by atoms with van der Waals surface area (Å²) in [5.74, 6) is 1.05. The fourth-order valence-corrected chi connectivity index (χ4v) is 3.58. The van der Waals surface area contributed by atoms with Gasteiger partial charge in [-0.2, -0.15) is 0 Å². The first-order valence-corrected chi connectivity index (χ1v) is 7.80. The third kappa shape index (κ3) is 3.03. The fourth-order valence-electron chi connectivity index (χ4n) is 3.58. The molecule has 0 amide bonds. The van der Waals surface area contributed by atoms with Crippen LogP contribution < -0.4 is 5.32 Å². The van der Waals surface area contributed by atoms with Gasteiger partial charge in [0.15, 0.2) is 0 Å². The van der Waals surface area contributed by atoms with Gasteiger partial charge in [0.25, 0.3) is 0 Å². The van der Waals surface area contributed by atoms with Gasteiger partial charge >= 0.3 is 0 Å². The van der Waals surface area contributed by atoms with Gasteiger partial charge < -0.3 is 5.32 Å². The fraction of sp³-hybridized carbons (Fsp3) is 1.00. The number of hydrogen-bond donors (Lipinski definition) is 1. The minimum atomic E-state index is 0.478. The lowest BCUT2D eigenvalue weighted by molar-refractivity contribution is 0.169. The summed E-state index contributed by atoms with van der Waals surface area (Å²) < 4.78 is 0. The maximum Gasteiger partial charge on any atom is 0.0309 e. The Morgan fingerprint density at radius 2 is 2.06 bits per heavy atom. The molecule has 2 aliphatic carbocycles. The van der Waals surface area contributed by atoms with Crippen molar-refractivity contribution in [1.82, 2.24) is 10.2 Å². The average molecular weight is 236 g/mol. The molecule has 98 valence electrons. The second-order valence-corrected chi connectivity index (χ2v) is 6.66. The van der Waals surface area contributed by atoms with Crippen molar-refractivity contribution in [1.29, 1.82) is 0 Å². The Labute approximate surface area is 106 Å². The van der Waals surface area contributed by atoms with Crippen LogP contribution in [0.5, 0.6) is 0 Å². The molecule has 0 aromatic carbocycles. The summed E-state index contributed by atoms with van der Waals surface area (Å²) in [6, 6.07) is 0.951. The lowest BCUT2D eigenvalue weighted by Crippen LogP contribution is -2.51. The first-order valence-electron chi connectivity index (χ1n) is 7.80. The zero-order valence-electron chi connectivity index (χ0n) is 11.4. The summed E-state index contributed by atoms with van der Waals surface area (Å²) in [5.41, 5.74) is 0.478. The van der Waals surface area contributed by atoms with Crippen LogP contribution in [0.25, 0.3) is 0 Å². The molecule has 0 spiro atoms. The van der Waals surface area contributed by atoms with Crippen molar-refractivity contribution in [2.24, 2.45) is 5.92 Å². The first-order chi connectivity index (χ1) is 8.31. The van der Waals surface area contributed by atoms with Crippen LogP contribution in [0.15, 0.2) is 0 Å². The molecule has 1 N–H and O–H groups in total. The molecule has 17 heavy (non-hydrogen) atoms. The molecule has 0 aromatic rings. The van der Waals surface area contributed by atoms with Crippen molar-refractivity contribution in [3.8, 4) is 0 Å². The highest BCUT2D eigenvalue weighted by Crippen LogP contribution is 2.37. The Morgan fingerprint density at radius 1 is 1.24 bits per heavy atom. The molecule has 2 saturated carbocycles. The van der Waals surface area contributed by atoms with Crippen LogP contribution >= 0.6 is 0 Å². The van der Waals surface area contributed by atoms with Crippen molar-refractivity contribution in [3.05, 3.63) is 0 Å². The van der Waals surface area contributed by atoms with Gasteiger partial charge in [-0.15, -0.1) is 0 Å². The molecule has 3 aliphatic rings. The summed E-state index contributed by atoms with van der Waals surface area (Å²) in [5, 5.41) is 3.84. The van der Waals surface area contributed by atoms with E-state index in [1.807, 2.05) is 0 Å². The van der Waals surface area contributed by atoms with Gasteiger partial charge in [-0.1, -0.05) is 13.3 Å². The highest BCUT2D eigenvalue weighted by Gasteiger charge is 2.40. The molecule has 1 unspecified atom stereocenters. The molecule has 1 heterocycles. The Hall–Kier alpha value is -0.0800. The van der Waals surface area contributed by atoms with Crippen LogP contribution in [0.1, 0.15) is 58.3 Å². The van der Waals surface area contributed by atoms with E-state index in [0.717, 1.165) is 12.0 Å². The monoisotopic (exact) mass is 236 g/mol. The zero-order chi connectivity index (χ0) is 11.7. The van der Waals surface area contributed by atoms with Gasteiger partial charge in [-0.25, -0.2) is 0 Å². The lowest BCUT2D eigenvalue weighted by Gasteiger charge is -2.36. The number of hydrogen-bond acceptors (Lipinski definition) is 2. The highest BCUT2D eigenvalue weighted by atomic mass is 15.2. The minimum absolute atomic E-state index is 0.478. The molecular formula is C15H28N2. The van der Waals surface area contributed by atoms with Gasteiger partial charge in [0.2, 0.25) is 0 Å². The molecule has 1 saturated heterocycles. The topological polar surface area (TPSA) is 15.3 Å².